The summed E-state index contributed by atoms with van der Waals surface area (Å²) >= 11 is 0. The zero-order chi connectivity index (χ0) is 31.5. The van der Waals surface area contributed by atoms with Crippen molar-refractivity contribution >= 4 is 39.0 Å². The lowest BCUT2D eigenvalue weighted by atomic mass is 9.82. The van der Waals surface area contributed by atoms with Crippen molar-refractivity contribution in [1.29, 1.82) is 0 Å². The number of hydrogen-bond acceptors (Lipinski definition) is 2. The molecule has 0 radical (unpaired) electrons. The summed E-state index contributed by atoms with van der Waals surface area (Å²) in [5.41, 5.74) is 15.1. The highest BCUT2D eigenvalue weighted by atomic mass is 16.3. The van der Waals surface area contributed by atoms with Gasteiger partial charge >= 0.3 is 0 Å². The lowest BCUT2D eigenvalue weighted by molar-refractivity contribution is 0.660. The first kappa shape index (κ1) is 27.5. The number of furan rings is 1. The molecule has 0 saturated heterocycles. The predicted octanol–water partition coefficient (Wildman–Crippen LogP) is 12.7. The van der Waals surface area contributed by atoms with Gasteiger partial charge in [0.2, 0.25) is 0 Å². The molecule has 2 heteroatoms. The minimum Gasteiger partial charge on any atom is -0.456 e. The van der Waals surface area contributed by atoms with Crippen LogP contribution >= 0.6 is 0 Å². The maximum absolute atomic E-state index is 6.42. The SMILES string of the molecule is CC1(C)c2ccc(N(c3ccc4c(c3)oc3ccccc34)c3ccccc3-c3ccccc3)cc2-c2c(-c3ccccc3)cccc21. The Morgan fingerprint density at radius 1 is 0.447 bits per heavy atom. The first-order valence-corrected chi connectivity index (χ1v) is 16.3. The van der Waals surface area contributed by atoms with Crippen LogP contribution in [0.3, 0.4) is 0 Å². The van der Waals surface area contributed by atoms with Gasteiger partial charge in [-0.2, -0.15) is 0 Å². The second-order valence-electron chi connectivity index (χ2n) is 12.9. The van der Waals surface area contributed by atoms with Crippen molar-refractivity contribution in [2.24, 2.45) is 0 Å². The zero-order valence-electron chi connectivity index (χ0n) is 26.4. The summed E-state index contributed by atoms with van der Waals surface area (Å²) in [6.45, 7) is 4.70. The number of fused-ring (bicyclic) bond motifs is 6. The minimum atomic E-state index is -0.117. The second-order valence-corrected chi connectivity index (χ2v) is 12.9. The van der Waals surface area contributed by atoms with Crippen LogP contribution in [0.25, 0.3) is 55.3 Å². The van der Waals surface area contributed by atoms with E-state index in [9.17, 15) is 0 Å². The Morgan fingerprint density at radius 3 is 1.87 bits per heavy atom. The third-order valence-corrected chi connectivity index (χ3v) is 9.88. The molecule has 0 bridgehead atoms. The standard InChI is InChI=1S/C45H33NO/c1-45(2)39-27-25-32(28-38(39)44-35(20-13-21-40(44)45)31-16-7-4-8-17-31)46(41-22-11-9-18-34(41)30-14-5-3-6-15-30)33-24-26-37-36-19-10-12-23-42(36)47-43(37)29-33/h3-29H,1-2H3. The average molecular weight is 604 g/mol. The summed E-state index contributed by atoms with van der Waals surface area (Å²) in [5.74, 6) is 0. The summed E-state index contributed by atoms with van der Waals surface area (Å²) in [6.07, 6.45) is 0. The Morgan fingerprint density at radius 2 is 1.06 bits per heavy atom. The van der Waals surface area contributed by atoms with Crippen LogP contribution in [-0.4, -0.2) is 0 Å². The molecule has 7 aromatic carbocycles. The highest BCUT2D eigenvalue weighted by Crippen LogP contribution is 2.54. The number of para-hydroxylation sites is 2. The van der Waals surface area contributed by atoms with Crippen LogP contribution in [0.5, 0.6) is 0 Å². The van der Waals surface area contributed by atoms with Crippen molar-refractivity contribution in [2.45, 2.75) is 19.3 Å². The van der Waals surface area contributed by atoms with Crippen LogP contribution in [-0.2, 0) is 5.41 Å². The van der Waals surface area contributed by atoms with Gasteiger partial charge in [-0.05, 0) is 75.3 Å². The third kappa shape index (κ3) is 4.33. The molecule has 0 amide bonds. The fraction of sp³-hybridized carbons (Fsp3) is 0.0667. The molecule has 0 saturated carbocycles. The van der Waals surface area contributed by atoms with E-state index in [1.165, 1.54) is 44.5 Å². The summed E-state index contributed by atoms with van der Waals surface area (Å²) in [6, 6.07) is 58.9. The van der Waals surface area contributed by atoms with E-state index in [0.717, 1.165) is 39.0 Å². The van der Waals surface area contributed by atoms with Crippen molar-refractivity contribution in [3.8, 4) is 33.4 Å². The molecule has 1 aliphatic rings. The highest BCUT2D eigenvalue weighted by Gasteiger charge is 2.37. The molecular weight excluding hydrogens is 571 g/mol. The molecule has 8 aromatic rings. The Kier molecular flexibility index (Phi) is 6.20. The molecule has 0 aliphatic heterocycles. The van der Waals surface area contributed by atoms with Crippen molar-refractivity contribution in [2.75, 3.05) is 4.90 Å². The summed E-state index contributed by atoms with van der Waals surface area (Å²) in [4.78, 5) is 2.39. The maximum Gasteiger partial charge on any atom is 0.137 e. The Balaban J connectivity index is 1.30. The van der Waals surface area contributed by atoms with Gasteiger partial charge in [0.1, 0.15) is 11.2 Å². The van der Waals surface area contributed by atoms with E-state index >= 15 is 0 Å². The van der Waals surface area contributed by atoms with Gasteiger partial charge in [0.05, 0.1) is 5.69 Å². The van der Waals surface area contributed by atoms with E-state index in [2.05, 4.69) is 170 Å². The van der Waals surface area contributed by atoms with Gasteiger partial charge < -0.3 is 9.32 Å². The smallest absolute Gasteiger partial charge is 0.137 e. The first-order chi connectivity index (χ1) is 23.1. The van der Waals surface area contributed by atoms with Crippen molar-refractivity contribution < 1.29 is 4.42 Å². The topological polar surface area (TPSA) is 16.4 Å². The van der Waals surface area contributed by atoms with Crippen molar-refractivity contribution in [3.63, 3.8) is 0 Å². The van der Waals surface area contributed by atoms with E-state index in [1.807, 2.05) is 12.1 Å². The lowest BCUT2D eigenvalue weighted by Gasteiger charge is -2.29. The molecule has 0 N–H and O–H groups in total. The Labute approximate surface area is 275 Å². The van der Waals surface area contributed by atoms with Crippen LogP contribution in [0.4, 0.5) is 17.1 Å². The number of benzene rings is 7. The predicted molar refractivity (Wildman–Crippen MR) is 197 cm³/mol. The number of rotatable bonds is 5. The fourth-order valence-electron chi connectivity index (χ4n) is 7.60. The molecule has 0 fully saturated rings. The maximum atomic E-state index is 6.42. The van der Waals surface area contributed by atoms with Gasteiger partial charge in [0.25, 0.3) is 0 Å². The molecule has 1 aromatic heterocycles. The van der Waals surface area contributed by atoms with E-state index in [-0.39, 0.29) is 5.41 Å². The number of hydrogen-bond donors (Lipinski definition) is 0. The van der Waals surface area contributed by atoms with Gasteiger partial charge in [-0.15, -0.1) is 0 Å². The van der Waals surface area contributed by atoms with Gasteiger partial charge in [-0.1, -0.05) is 135 Å². The number of anilines is 3. The van der Waals surface area contributed by atoms with E-state index in [1.54, 1.807) is 0 Å². The average Bonchev–Trinajstić information content (AvgIpc) is 3.61. The molecule has 1 heterocycles. The Hall–Kier alpha value is -5.86. The van der Waals surface area contributed by atoms with E-state index < -0.39 is 0 Å². The van der Waals surface area contributed by atoms with Gasteiger partial charge in [-0.3, -0.25) is 0 Å². The highest BCUT2D eigenvalue weighted by molar-refractivity contribution is 6.06. The molecule has 2 nitrogen and oxygen atoms in total. The van der Waals surface area contributed by atoms with Crippen molar-refractivity contribution in [1.82, 2.24) is 0 Å². The monoisotopic (exact) mass is 603 g/mol. The molecule has 224 valence electrons. The fourth-order valence-corrected chi connectivity index (χ4v) is 7.60. The lowest BCUT2D eigenvalue weighted by Crippen LogP contribution is -2.15. The van der Waals surface area contributed by atoms with Crippen LogP contribution < -0.4 is 4.90 Å². The molecular formula is C45H33NO. The quantitative estimate of drug-likeness (QED) is 0.195. The largest absolute Gasteiger partial charge is 0.456 e. The summed E-state index contributed by atoms with van der Waals surface area (Å²) in [7, 11) is 0. The van der Waals surface area contributed by atoms with Gasteiger partial charge in [0.15, 0.2) is 0 Å². The molecule has 0 unspecified atom stereocenters. The molecule has 9 rings (SSSR count). The summed E-state index contributed by atoms with van der Waals surface area (Å²) < 4.78 is 6.42. The van der Waals surface area contributed by atoms with Gasteiger partial charge in [0, 0.05) is 39.2 Å². The Bertz CT molecular complexity index is 2440. The van der Waals surface area contributed by atoms with Crippen LogP contribution in [0.15, 0.2) is 168 Å². The van der Waals surface area contributed by atoms with E-state index in [0.29, 0.717) is 0 Å². The zero-order valence-corrected chi connectivity index (χ0v) is 26.4. The van der Waals surface area contributed by atoms with Crippen LogP contribution in [0.1, 0.15) is 25.0 Å². The van der Waals surface area contributed by atoms with E-state index in [4.69, 9.17) is 4.42 Å². The third-order valence-electron chi connectivity index (χ3n) is 9.88. The number of nitrogens with zero attached hydrogens (tertiary/aromatic N) is 1. The van der Waals surface area contributed by atoms with Crippen LogP contribution in [0.2, 0.25) is 0 Å². The second kappa shape index (κ2) is 10.6. The molecule has 47 heavy (non-hydrogen) atoms. The molecule has 0 spiro atoms. The van der Waals surface area contributed by atoms with Crippen LogP contribution in [0, 0.1) is 0 Å². The normalized spacial score (nSPS) is 13.1. The molecule has 0 atom stereocenters. The molecule has 1 aliphatic carbocycles. The minimum absolute atomic E-state index is 0.117. The van der Waals surface area contributed by atoms with Gasteiger partial charge in [-0.25, -0.2) is 0 Å². The summed E-state index contributed by atoms with van der Waals surface area (Å²) in [5, 5.41) is 2.26. The first-order valence-electron chi connectivity index (χ1n) is 16.3. The van der Waals surface area contributed by atoms with Crippen molar-refractivity contribution in [3.05, 3.63) is 175 Å².